The summed E-state index contributed by atoms with van der Waals surface area (Å²) in [7, 11) is 1.58. The first kappa shape index (κ1) is 9.51. The van der Waals surface area contributed by atoms with Crippen LogP contribution in [0.25, 0.3) is 0 Å². The summed E-state index contributed by atoms with van der Waals surface area (Å²) in [6.07, 6.45) is 0. The number of halogens is 1. The lowest BCUT2D eigenvalue weighted by Crippen LogP contribution is -2.22. The lowest BCUT2D eigenvalue weighted by Gasteiger charge is -2.07. The number of nitrogens with one attached hydrogen (secondary N) is 1. The van der Waals surface area contributed by atoms with Gasteiger partial charge in [-0.2, -0.15) is 0 Å². The molecule has 0 heterocycles. The average molecular weight is 181 g/mol. The van der Waals surface area contributed by atoms with Crippen molar-refractivity contribution in [3.8, 4) is 0 Å². The molecule has 0 atom stereocenters. The molecule has 4 heteroatoms. The molecule has 1 rings (SSSR count). The zero-order valence-corrected chi connectivity index (χ0v) is 7.63. The molecule has 0 saturated heterocycles. The Morgan fingerprint density at radius 1 is 1.54 bits per heavy atom. The molecule has 1 aromatic carbocycles. The Morgan fingerprint density at radius 2 is 2.23 bits per heavy atom. The number of benzene rings is 1. The number of rotatable bonds is 1. The van der Waals surface area contributed by atoms with Crippen molar-refractivity contribution in [3.63, 3.8) is 0 Å². The Kier molecular flexibility index (Phi) is 2.84. The van der Waals surface area contributed by atoms with Gasteiger partial charge in [0.15, 0.2) is 5.96 Å². The second kappa shape index (κ2) is 3.89. The van der Waals surface area contributed by atoms with E-state index in [0.29, 0.717) is 5.96 Å². The van der Waals surface area contributed by atoms with Crippen LogP contribution in [0, 0.1) is 12.7 Å². The maximum Gasteiger partial charge on any atom is 0.192 e. The third kappa shape index (κ3) is 2.43. The highest BCUT2D eigenvalue weighted by Gasteiger charge is 1.99. The van der Waals surface area contributed by atoms with Crippen LogP contribution in [0.2, 0.25) is 0 Å². The van der Waals surface area contributed by atoms with Gasteiger partial charge < -0.3 is 11.1 Å². The number of anilines is 1. The van der Waals surface area contributed by atoms with E-state index < -0.39 is 0 Å². The van der Waals surface area contributed by atoms with Crippen molar-refractivity contribution in [2.24, 2.45) is 10.7 Å². The predicted octanol–water partition coefficient (Wildman–Crippen LogP) is 1.49. The molecule has 0 unspecified atom stereocenters. The first-order valence-electron chi connectivity index (χ1n) is 3.89. The van der Waals surface area contributed by atoms with Gasteiger partial charge in [0, 0.05) is 12.7 Å². The van der Waals surface area contributed by atoms with Crippen molar-refractivity contribution in [1.29, 1.82) is 0 Å². The van der Waals surface area contributed by atoms with Crippen molar-refractivity contribution >= 4 is 11.6 Å². The number of aryl methyl sites for hydroxylation is 1. The minimum absolute atomic E-state index is 0.255. The summed E-state index contributed by atoms with van der Waals surface area (Å²) in [5.41, 5.74) is 7.02. The Bertz CT molecular complexity index is 334. The van der Waals surface area contributed by atoms with Crippen molar-refractivity contribution in [1.82, 2.24) is 0 Å². The highest BCUT2D eigenvalue weighted by Crippen LogP contribution is 2.14. The highest BCUT2D eigenvalue weighted by molar-refractivity contribution is 5.92. The van der Waals surface area contributed by atoms with E-state index in [1.165, 1.54) is 12.1 Å². The zero-order valence-electron chi connectivity index (χ0n) is 7.63. The van der Waals surface area contributed by atoms with E-state index in [1.807, 2.05) is 0 Å². The fourth-order valence-corrected chi connectivity index (χ4v) is 0.961. The van der Waals surface area contributed by atoms with Crippen LogP contribution in [0.3, 0.4) is 0 Å². The van der Waals surface area contributed by atoms with Gasteiger partial charge >= 0.3 is 0 Å². The van der Waals surface area contributed by atoms with E-state index in [9.17, 15) is 4.39 Å². The summed E-state index contributed by atoms with van der Waals surface area (Å²) in [4.78, 5) is 3.74. The van der Waals surface area contributed by atoms with Crippen molar-refractivity contribution in [2.45, 2.75) is 6.92 Å². The molecule has 0 aromatic heterocycles. The number of nitrogens with two attached hydrogens (primary N) is 1. The molecule has 3 nitrogen and oxygen atoms in total. The van der Waals surface area contributed by atoms with Crippen LogP contribution in [0.15, 0.2) is 23.2 Å². The number of nitrogens with zero attached hydrogens (tertiary/aromatic N) is 1. The van der Waals surface area contributed by atoms with E-state index in [0.717, 1.165) is 11.3 Å². The summed E-state index contributed by atoms with van der Waals surface area (Å²) in [6.45, 7) is 1.80. The van der Waals surface area contributed by atoms with E-state index >= 15 is 0 Å². The van der Waals surface area contributed by atoms with Crippen LogP contribution in [0.1, 0.15) is 5.56 Å². The lowest BCUT2D eigenvalue weighted by molar-refractivity contribution is 0.627. The Morgan fingerprint density at radius 3 is 2.77 bits per heavy atom. The van der Waals surface area contributed by atoms with E-state index in [4.69, 9.17) is 5.73 Å². The van der Waals surface area contributed by atoms with E-state index in [2.05, 4.69) is 10.3 Å². The molecule has 1 aromatic rings. The monoisotopic (exact) mass is 181 g/mol. The Hall–Kier alpha value is -1.58. The molecule has 0 aliphatic carbocycles. The van der Waals surface area contributed by atoms with Gasteiger partial charge in [-0.3, -0.25) is 4.99 Å². The molecule has 0 aliphatic heterocycles. The SMILES string of the molecule is CN=C(N)Nc1ccc(F)cc1C. The maximum atomic E-state index is 12.7. The Labute approximate surface area is 76.5 Å². The molecule has 0 fully saturated rings. The third-order valence-electron chi connectivity index (χ3n) is 1.69. The van der Waals surface area contributed by atoms with Gasteiger partial charge in [-0.1, -0.05) is 0 Å². The van der Waals surface area contributed by atoms with Gasteiger partial charge in [0.1, 0.15) is 5.82 Å². The van der Waals surface area contributed by atoms with Crippen LogP contribution < -0.4 is 11.1 Å². The summed E-state index contributed by atoms with van der Waals surface area (Å²) in [6, 6.07) is 4.44. The lowest BCUT2D eigenvalue weighted by atomic mass is 10.2. The quantitative estimate of drug-likeness (QED) is 0.509. The first-order valence-corrected chi connectivity index (χ1v) is 3.89. The van der Waals surface area contributed by atoms with Crippen LogP contribution in [0.5, 0.6) is 0 Å². The van der Waals surface area contributed by atoms with Crippen LogP contribution in [-0.4, -0.2) is 13.0 Å². The van der Waals surface area contributed by atoms with Gasteiger partial charge in [-0.05, 0) is 30.7 Å². The minimum atomic E-state index is -0.255. The standard InChI is InChI=1S/C9H12FN3/c1-6-5-7(10)3-4-8(6)13-9(11)12-2/h3-5H,1-2H3,(H3,11,12,13). The maximum absolute atomic E-state index is 12.7. The fraction of sp³-hybridized carbons (Fsp3) is 0.222. The summed E-state index contributed by atoms with van der Waals surface area (Å²) >= 11 is 0. The van der Waals surface area contributed by atoms with Crippen LogP contribution in [0.4, 0.5) is 10.1 Å². The third-order valence-corrected chi connectivity index (χ3v) is 1.69. The zero-order chi connectivity index (χ0) is 9.84. The van der Waals surface area contributed by atoms with Crippen LogP contribution >= 0.6 is 0 Å². The molecule has 3 N–H and O–H groups in total. The van der Waals surface area contributed by atoms with Gasteiger partial charge in [0.2, 0.25) is 0 Å². The van der Waals surface area contributed by atoms with Gasteiger partial charge in [-0.15, -0.1) is 0 Å². The predicted molar refractivity (Wildman–Crippen MR) is 52.3 cm³/mol. The van der Waals surface area contributed by atoms with Gasteiger partial charge in [-0.25, -0.2) is 4.39 Å². The van der Waals surface area contributed by atoms with E-state index in [1.54, 1.807) is 20.0 Å². The normalized spacial score (nSPS) is 11.5. The molecular weight excluding hydrogens is 169 g/mol. The molecule has 0 bridgehead atoms. The molecular formula is C9H12FN3. The largest absolute Gasteiger partial charge is 0.370 e. The van der Waals surface area contributed by atoms with Gasteiger partial charge in [0.25, 0.3) is 0 Å². The minimum Gasteiger partial charge on any atom is -0.370 e. The second-order valence-electron chi connectivity index (χ2n) is 2.69. The molecule has 0 radical (unpaired) electrons. The number of hydrogen-bond donors (Lipinski definition) is 2. The molecule has 0 saturated carbocycles. The molecule has 13 heavy (non-hydrogen) atoms. The number of guanidine groups is 1. The van der Waals surface area contributed by atoms with E-state index in [-0.39, 0.29) is 5.82 Å². The number of aliphatic imine (C=N–C) groups is 1. The van der Waals surface area contributed by atoms with Crippen molar-refractivity contribution in [3.05, 3.63) is 29.6 Å². The first-order chi connectivity index (χ1) is 6.13. The smallest absolute Gasteiger partial charge is 0.192 e. The van der Waals surface area contributed by atoms with Gasteiger partial charge in [0.05, 0.1) is 0 Å². The van der Waals surface area contributed by atoms with Crippen molar-refractivity contribution < 1.29 is 4.39 Å². The van der Waals surface area contributed by atoms with Crippen molar-refractivity contribution in [2.75, 3.05) is 12.4 Å². The molecule has 0 spiro atoms. The highest BCUT2D eigenvalue weighted by atomic mass is 19.1. The molecule has 0 amide bonds. The summed E-state index contributed by atoms with van der Waals surface area (Å²) in [5.74, 6) is 0.0600. The second-order valence-corrected chi connectivity index (χ2v) is 2.69. The average Bonchev–Trinajstić information content (AvgIpc) is 2.09. The summed E-state index contributed by atoms with van der Waals surface area (Å²) in [5, 5.41) is 2.85. The molecule has 70 valence electrons. The topological polar surface area (TPSA) is 50.4 Å². The number of hydrogen-bond acceptors (Lipinski definition) is 1. The fourth-order valence-electron chi connectivity index (χ4n) is 0.961. The Balaban J connectivity index is 2.90. The van der Waals surface area contributed by atoms with Crippen LogP contribution in [-0.2, 0) is 0 Å². The molecule has 0 aliphatic rings. The summed E-state index contributed by atoms with van der Waals surface area (Å²) < 4.78 is 12.7.